The van der Waals surface area contributed by atoms with Gasteiger partial charge in [-0.15, -0.1) is 0 Å². The second kappa shape index (κ2) is 7.81. The molecule has 3 nitrogen and oxygen atoms in total. The van der Waals surface area contributed by atoms with Gasteiger partial charge in [-0.3, -0.25) is 4.90 Å². The molecule has 1 N–H and O–H groups in total. The summed E-state index contributed by atoms with van der Waals surface area (Å²) in [6.07, 6.45) is 4.04. The van der Waals surface area contributed by atoms with Gasteiger partial charge in [-0.1, -0.05) is 18.6 Å². The molecule has 1 aromatic rings. The molecule has 0 aromatic heterocycles. The quantitative estimate of drug-likeness (QED) is 0.868. The van der Waals surface area contributed by atoms with Crippen molar-refractivity contribution in [2.45, 2.75) is 51.7 Å². The summed E-state index contributed by atoms with van der Waals surface area (Å²) in [5, 5.41) is 3.67. The van der Waals surface area contributed by atoms with Crippen molar-refractivity contribution >= 4 is 5.69 Å². The Kier molecular flexibility index (Phi) is 6.07. The fourth-order valence-corrected chi connectivity index (χ4v) is 2.95. The van der Waals surface area contributed by atoms with E-state index >= 15 is 0 Å². The number of nitrogens with one attached hydrogen (secondary N) is 1. The summed E-state index contributed by atoms with van der Waals surface area (Å²) < 4.78 is 0. The molecule has 1 aliphatic heterocycles. The molecule has 1 heterocycles. The molecule has 0 saturated carbocycles. The minimum absolute atomic E-state index is 0.585. The zero-order valence-electron chi connectivity index (χ0n) is 14.1. The molecule has 2 rings (SSSR count). The third kappa shape index (κ3) is 5.01. The highest BCUT2D eigenvalue weighted by atomic mass is 15.2. The van der Waals surface area contributed by atoms with E-state index < -0.39 is 0 Å². The van der Waals surface area contributed by atoms with Crippen LogP contribution < -0.4 is 10.2 Å². The van der Waals surface area contributed by atoms with Crippen LogP contribution in [0.5, 0.6) is 0 Å². The van der Waals surface area contributed by atoms with E-state index in [0.29, 0.717) is 12.1 Å². The van der Waals surface area contributed by atoms with Gasteiger partial charge in [0.2, 0.25) is 0 Å². The number of piperidine rings is 1. The fourth-order valence-electron chi connectivity index (χ4n) is 2.95. The van der Waals surface area contributed by atoms with Crippen molar-refractivity contribution in [1.82, 2.24) is 10.2 Å². The van der Waals surface area contributed by atoms with Crippen molar-refractivity contribution in [3.63, 3.8) is 0 Å². The van der Waals surface area contributed by atoms with Gasteiger partial charge >= 0.3 is 0 Å². The van der Waals surface area contributed by atoms with Crippen LogP contribution in [0.2, 0.25) is 0 Å². The van der Waals surface area contributed by atoms with Gasteiger partial charge in [-0.2, -0.15) is 0 Å². The number of benzene rings is 1. The van der Waals surface area contributed by atoms with Crippen molar-refractivity contribution in [3.8, 4) is 0 Å². The molecule has 0 spiro atoms. The first-order valence-electron chi connectivity index (χ1n) is 8.30. The number of rotatable bonds is 6. The first-order valence-corrected chi connectivity index (χ1v) is 8.30. The highest BCUT2D eigenvalue weighted by Gasteiger charge is 2.18. The number of hydrogen-bond donors (Lipinski definition) is 1. The van der Waals surface area contributed by atoms with Gasteiger partial charge in [0.15, 0.2) is 0 Å². The van der Waals surface area contributed by atoms with E-state index in [1.54, 1.807) is 0 Å². The lowest BCUT2D eigenvalue weighted by Crippen LogP contribution is -2.45. The molecule has 118 valence electrons. The average molecular weight is 289 g/mol. The minimum Gasteiger partial charge on any atom is -0.378 e. The Hall–Kier alpha value is -1.06. The van der Waals surface area contributed by atoms with E-state index in [1.165, 1.54) is 37.1 Å². The first-order chi connectivity index (χ1) is 10.1. The molecule has 1 unspecified atom stereocenters. The van der Waals surface area contributed by atoms with Gasteiger partial charge in [0, 0.05) is 45.0 Å². The van der Waals surface area contributed by atoms with Crippen molar-refractivity contribution in [1.29, 1.82) is 0 Å². The summed E-state index contributed by atoms with van der Waals surface area (Å²) in [6, 6.07) is 10.2. The molecular formula is C18H31N3. The summed E-state index contributed by atoms with van der Waals surface area (Å²) in [6.45, 7) is 8.00. The van der Waals surface area contributed by atoms with E-state index in [0.717, 1.165) is 13.1 Å². The van der Waals surface area contributed by atoms with Crippen LogP contribution in [0, 0.1) is 0 Å². The lowest BCUT2D eigenvalue weighted by Gasteiger charge is -2.33. The number of hydrogen-bond acceptors (Lipinski definition) is 3. The van der Waals surface area contributed by atoms with Crippen molar-refractivity contribution in [2.75, 3.05) is 32.1 Å². The maximum absolute atomic E-state index is 3.67. The van der Waals surface area contributed by atoms with Gasteiger partial charge < -0.3 is 10.2 Å². The van der Waals surface area contributed by atoms with E-state index in [1.807, 2.05) is 0 Å². The smallest absolute Gasteiger partial charge is 0.0361 e. The van der Waals surface area contributed by atoms with Gasteiger partial charge in [-0.25, -0.2) is 0 Å². The summed E-state index contributed by atoms with van der Waals surface area (Å²) in [4.78, 5) is 4.74. The average Bonchev–Trinajstić information content (AvgIpc) is 2.48. The molecule has 1 saturated heterocycles. The van der Waals surface area contributed by atoms with Crippen LogP contribution in [-0.2, 0) is 6.54 Å². The summed E-state index contributed by atoms with van der Waals surface area (Å²) in [7, 11) is 4.17. The Morgan fingerprint density at radius 3 is 2.38 bits per heavy atom. The molecule has 0 amide bonds. The summed E-state index contributed by atoms with van der Waals surface area (Å²) in [5.74, 6) is 0. The maximum Gasteiger partial charge on any atom is 0.0361 e. The molecule has 1 aliphatic rings. The largest absolute Gasteiger partial charge is 0.378 e. The molecule has 0 radical (unpaired) electrons. The monoisotopic (exact) mass is 289 g/mol. The fraction of sp³-hybridized carbons (Fsp3) is 0.667. The van der Waals surface area contributed by atoms with E-state index in [9.17, 15) is 0 Å². The van der Waals surface area contributed by atoms with Crippen molar-refractivity contribution < 1.29 is 0 Å². The molecule has 21 heavy (non-hydrogen) atoms. The minimum atomic E-state index is 0.585. The third-order valence-electron chi connectivity index (χ3n) is 4.44. The highest BCUT2D eigenvalue weighted by molar-refractivity contribution is 5.45. The zero-order chi connectivity index (χ0) is 15.2. The van der Waals surface area contributed by atoms with Crippen LogP contribution >= 0.6 is 0 Å². The molecule has 0 bridgehead atoms. The summed E-state index contributed by atoms with van der Waals surface area (Å²) >= 11 is 0. The van der Waals surface area contributed by atoms with E-state index in [-0.39, 0.29) is 0 Å². The maximum atomic E-state index is 3.67. The summed E-state index contributed by atoms with van der Waals surface area (Å²) in [5.41, 5.74) is 2.67. The predicted octanol–water partition coefficient (Wildman–Crippen LogP) is 3.11. The highest BCUT2D eigenvalue weighted by Crippen LogP contribution is 2.16. The zero-order valence-corrected chi connectivity index (χ0v) is 14.1. The van der Waals surface area contributed by atoms with Crippen LogP contribution in [0.25, 0.3) is 0 Å². The predicted molar refractivity (Wildman–Crippen MR) is 92.0 cm³/mol. The Bertz CT molecular complexity index is 405. The Balaban J connectivity index is 1.95. The van der Waals surface area contributed by atoms with Crippen molar-refractivity contribution in [3.05, 3.63) is 29.8 Å². The van der Waals surface area contributed by atoms with Gasteiger partial charge in [0.25, 0.3) is 0 Å². The molecule has 1 atom stereocenters. The second-order valence-corrected chi connectivity index (χ2v) is 6.73. The first kappa shape index (κ1) is 16.3. The normalized spacial score (nSPS) is 19.2. The van der Waals surface area contributed by atoms with E-state index in [2.05, 4.69) is 67.3 Å². The number of anilines is 1. The molecule has 1 fully saturated rings. The van der Waals surface area contributed by atoms with Gasteiger partial charge in [0.1, 0.15) is 0 Å². The van der Waals surface area contributed by atoms with Crippen molar-refractivity contribution in [2.24, 2.45) is 0 Å². The van der Waals surface area contributed by atoms with Crippen LogP contribution in [0.15, 0.2) is 24.3 Å². The Morgan fingerprint density at radius 2 is 1.86 bits per heavy atom. The van der Waals surface area contributed by atoms with Crippen LogP contribution in [0.1, 0.15) is 38.7 Å². The lowest BCUT2D eigenvalue weighted by atomic mass is 10.0. The second-order valence-electron chi connectivity index (χ2n) is 6.73. The topological polar surface area (TPSA) is 18.5 Å². The number of nitrogens with zero attached hydrogens (tertiary/aromatic N) is 2. The molecule has 0 aliphatic carbocycles. The lowest BCUT2D eigenvalue weighted by molar-refractivity contribution is 0.177. The molecular weight excluding hydrogens is 258 g/mol. The van der Waals surface area contributed by atoms with Gasteiger partial charge in [-0.05, 0) is 50.9 Å². The van der Waals surface area contributed by atoms with Crippen LogP contribution in [0.4, 0.5) is 5.69 Å². The molecule has 1 aromatic carbocycles. The van der Waals surface area contributed by atoms with Gasteiger partial charge in [0.05, 0.1) is 0 Å². The standard InChI is InChI=1S/C18H31N3/c1-15(2)21(14-17-7-5-6-12-19-17)13-16-8-10-18(11-9-16)20(3)4/h8-11,15,17,19H,5-7,12-14H2,1-4H3. The Labute approximate surface area is 130 Å². The third-order valence-corrected chi connectivity index (χ3v) is 4.44. The Morgan fingerprint density at radius 1 is 1.14 bits per heavy atom. The van der Waals surface area contributed by atoms with Crippen LogP contribution in [0.3, 0.4) is 0 Å². The SMILES string of the molecule is CC(C)N(Cc1ccc(N(C)C)cc1)CC1CCCCN1. The van der Waals surface area contributed by atoms with E-state index in [4.69, 9.17) is 0 Å². The molecule has 3 heteroatoms. The van der Waals surface area contributed by atoms with Crippen LogP contribution in [-0.4, -0.2) is 44.2 Å².